The summed E-state index contributed by atoms with van der Waals surface area (Å²) in [5, 5.41) is 3.11. The molecule has 108 valence electrons. The van der Waals surface area contributed by atoms with Crippen LogP contribution in [0.1, 0.15) is 42.6 Å². The summed E-state index contributed by atoms with van der Waals surface area (Å²) < 4.78 is 5.86. The van der Waals surface area contributed by atoms with Crippen LogP contribution in [0.4, 0.5) is 0 Å². The molecule has 1 aromatic heterocycles. The zero-order valence-corrected chi connectivity index (χ0v) is 13.4. The molecule has 3 nitrogen and oxygen atoms in total. The maximum absolute atomic E-state index is 5.86. The fourth-order valence-corrected chi connectivity index (χ4v) is 2.80. The van der Waals surface area contributed by atoms with Gasteiger partial charge in [-0.15, -0.1) is 11.3 Å². The van der Waals surface area contributed by atoms with Crippen LogP contribution in [-0.2, 0) is 18.6 Å². The van der Waals surface area contributed by atoms with Gasteiger partial charge in [-0.25, -0.2) is 4.98 Å². The molecule has 0 saturated heterocycles. The molecule has 2 aromatic rings. The van der Waals surface area contributed by atoms with E-state index in [4.69, 9.17) is 10.5 Å². The van der Waals surface area contributed by atoms with Gasteiger partial charge in [0.15, 0.2) is 0 Å². The van der Waals surface area contributed by atoms with Gasteiger partial charge >= 0.3 is 0 Å². The number of aryl methyl sites for hydroxylation is 1. The lowest BCUT2D eigenvalue weighted by molar-refractivity contribution is 0.301. The summed E-state index contributed by atoms with van der Waals surface area (Å²) in [7, 11) is 0. The molecule has 0 aliphatic heterocycles. The van der Waals surface area contributed by atoms with Crippen LogP contribution in [-0.4, -0.2) is 4.98 Å². The lowest BCUT2D eigenvalue weighted by atomic mass is 9.93. The Hall–Kier alpha value is -1.39. The molecule has 0 bridgehead atoms. The van der Waals surface area contributed by atoms with Gasteiger partial charge in [0.25, 0.3) is 0 Å². The largest absolute Gasteiger partial charge is 0.486 e. The SMILES string of the molecule is Cc1ccc(OCc2nc(C(C)(C)C)cs2)c(CN)c1. The zero-order chi connectivity index (χ0) is 14.8. The Balaban J connectivity index is 2.07. The van der Waals surface area contributed by atoms with Crippen molar-refractivity contribution < 1.29 is 4.74 Å². The number of hydrogen-bond acceptors (Lipinski definition) is 4. The van der Waals surface area contributed by atoms with Crippen molar-refractivity contribution in [1.29, 1.82) is 0 Å². The van der Waals surface area contributed by atoms with E-state index in [-0.39, 0.29) is 5.41 Å². The summed E-state index contributed by atoms with van der Waals surface area (Å²) in [5.41, 5.74) is 9.19. The molecule has 1 heterocycles. The van der Waals surface area contributed by atoms with Crippen LogP contribution < -0.4 is 10.5 Å². The number of nitrogens with zero attached hydrogens (tertiary/aromatic N) is 1. The molecule has 1 aromatic carbocycles. The highest BCUT2D eigenvalue weighted by Crippen LogP contribution is 2.25. The van der Waals surface area contributed by atoms with Gasteiger partial charge < -0.3 is 10.5 Å². The maximum Gasteiger partial charge on any atom is 0.140 e. The topological polar surface area (TPSA) is 48.1 Å². The summed E-state index contributed by atoms with van der Waals surface area (Å²) in [5.74, 6) is 0.852. The predicted molar refractivity (Wildman–Crippen MR) is 84.2 cm³/mol. The molecule has 0 aliphatic rings. The lowest BCUT2D eigenvalue weighted by Crippen LogP contribution is -2.11. The molecule has 0 spiro atoms. The first-order valence-electron chi connectivity index (χ1n) is 6.77. The minimum Gasteiger partial charge on any atom is -0.486 e. The van der Waals surface area contributed by atoms with Crippen molar-refractivity contribution in [1.82, 2.24) is 4.98 Å². The molecule has 0 atom stereocenters. The van der Waals surface area contributed by atoms with Crippen molar-refractivity contribution in [3.63, 3.8) is 0 Å². The second-order valence-corrected chi connectivity index (χ2v) is 6.92. The van der Waals surface area contributed by atoms with E-state index >= 15 is 0 Å². The first-order chi connectivity index (χ1) is 9.40. The van der Waals surface area contributed by atoms with Gasteiger partial charge in [0, 0.05) is 22.9 Å². The number of nitrogens with two attached hydrogens (primary N) is 1. The minimum absolute atomic E-state index is 0.0844. The third kappa shape index (κ3) is 3.58. The molecule has 20 heavy (non-hydrogen) atoms. The average molecular weight is 290 g/mol. The molecule has 0 amide bonds. The molecule has 2 rings (SSSR count). The van der Waals surface area contributed by atoms with Gasteiger partial charge in [-0.05, 0) is 13.0 Å². The second kappa shape index (κ2) is 5.94. The molecule has 0 saturated carbocycles. The van der Waals surface area contributed by atoms with Gasteiger partial charge in [0.05, 0.1) is 5.69 Å². The average Bonchev–Trinajstić information content (AvgIpc) is 2.86. The van der Waals surface area contributed by atoms with Crippen molar-refractivity contribution in [3.8, 4) is 5.75 Å². The van der Waals surface area contributed by atoms with E-state index < -0.39 is 0 Å². The summed E-state index contributed by atoms with van der Waals surface area (Å²) in [6.45, 7) is 9.54. The number of benzene rings is 1. The highest BCUT2D eigenvalue weighted by molar-refractivity contribution is 7.09. The summed E-state index contributed by atoms with van der Waals surface area (Å²) in [4.78, 5) is 4.63. The zero-order valence-electron chi connectivity index (χ0n) is 12.6. The Morgan fingerprint density at radius 2 is 2.05 bits per heavy atom. The van der Waals surface area contributed by atoms with Gasteiger partial charge in [-0.3, -0.25) is 0 Å². The van der Waals surface area contributed by atoms with Crippen molar-refractivity contribution in [3.05, 3.63) is 45.4 Å². The molecule has 0 fully saturated rings. The van der Waals surface area contributed by atoms with E-state index in [0.717, 1.165) is 22.0 Å². The Morgan fingerprint density at radius 3 is 2.65 bits per heavy atom. The van der Waals surface area contributed by atoms with Crippen LogP contribution >= 0.6 is 11.3 Å². The first-order valence-corrected chi connectivity index (χ1v) is 7.65. The van der Waals surface area contributed by atoms with Crippen molar-refractivity contribution in [2.75, 3.05) is 0 Å². The number of aromatic nitrogens is 1. The molecule has 0 aliphatic carbocycles. The van der Waals surface area contributed by atoms with Crippen LogP contribution in [0.5, 0.6) is 5.75 Å². The Kier molecular flexibility index (Phi) is 4.45. The fourth-order valence-electron chi connectivity index (χ4n) is 1.87. The Bertz CT molecular complexity index is 584. The quantitative estimate of drug-likeness (QED) is 0.932. The molecular formula is C16H22N2OS. The number of ether oxygens (including phenoxy) is 1. The van der Waals surface area contributed by atoms with Crippen LogP contribution in [0.25, 0.3) is 0 Å². The molecule has 0 radical (unpaired) electrons. The standard InChI is InChI=1S/C16H22N2OS/c1-11-5-6-13(12(7-11)8-17)19-9-15-18-14(10-20-15)16(2,3)4/h5-7,10H,8-9,17H2,1-4H3. The van der Waals surface area contributed by atoms with Gasteiger partial charge in [0.2, 0.25) is 0 Å². The summed E-state index contributed by atoms with van der Waals surface area (Å²) in [6.07, 6.45) is 0. The normalized spacial score (nSPS) is 11.7. The third-order valence-electron chi connectivity index (χ3n) is 3.11. The Morgan fingerprint density at radius 1 is 1.30 bits per heavy atom. The van der Waals surface area contributed by atoms with E-state index in [9.17, 15) is 0 Å². The van der Waals surface area contributed by atoms with E-state index in [1.165, 1.54) is 5.56 Å². The van der Waals surface area contributed by atoms with Crippen LogP contribution in [0, 0.1) is 6.92 Å². The Labute approximate surface area is 124 Å². The summed E-state index contributed by atoms with van der Waals surface area (Å²) in [6, 6.07) is 6.09. The number of rotatable bonds is 4. The number of hydrogen-bond donors (Lipinski definition) is 1. The van der Waals surface area contributed by atoms with E-state index in [1.807, 2.05) is 12.1 Å². The lowest BCUT2D eigenvalue weighted by Gasteiger charge is -2.14. The summed E-state index contributed by atoms with van der Waals surface area (Å²) >= 11 is 1.64. The van der Waals surface area contributed by atoms with Crippen molar-refractivity contribution in [2.24, 2.45) is 5.73 Å². The molecule has 4 heteroatoms. The number of thiazole rings is 1. The van der Waals surface area contributed by atoms with Crippen LogP contribution in [0.2, 0.25) is 0 Å². The second-order valence-electron chi connectivity index (χ2n) is 5.98. The first kappa shape index (κ1) is 15.0. The monoisotopic (exact) mass is 290 g/mol. The van der Waals surface area contributed by atoms with Gasteiger partial charge in [-0.1, -0.05) is 38.5 Å². The smallest absolute Gasteiger partial charge is 0.140 e. The maximum atomic E-state index is 5.86. The van der Waals surface area contributed by atoms with Gasteiger partial charge in [-0.2, -0.15) is 0 Å². The van der Waals surface area contributed by atoms with Crippen molar-refractivity contribution >= 4 is 11.3 Å². The van der Waals surface area contributed by atoms with E-state index in [2.05, 4.69) is 44.1 Å². The molecule has 0 unspecified atom stereocenters. The highest BCUT2D eigenvalue weighted by Gasteiger charge is 2.17. The highest BCUT2D eigenvalue weighted by atomic mass is 32.1. The van der Waals surface area contributed by atoms with Crippen LogP contribution in [0.3, 0.4) is 0 Å². The van der Waals surface area contributed by atoms with Crippen molar-refractivity contribution in [2.45, 2.75) is 46.3 Å². The predicted octanol–water partition coefficient (Wildman–Crippen LogP) is 3.79. The van der Waals surface area contributed by atoms with E-state index in [0.29, 0.717) is 13.2 Å². The molecule has 2 N–H and O–H groups in total. The van der Waals surface area contributed by atoms with E-state index in [1.54, 1.807) is 11.3 Å². The third-order valence-corrected chi connectivity index (χ3v) is 3.93. The van der Waals surface area contributed by atoms with Crippen LogP contribution in [0.15, 0.2) is 23.6 Å². The van der Waals surface area contributed by atoms with Gasteiger partial charge in [0.1, 0.15) is 17.4 Å². The molecular weight excluding hydrogens is 268 g/mol. The minimum atomic E-state index is 0.0844. The fraction of sp³-hybridized carbons (Fsp3) is 0.438.